The molecule has 0 aliphatic carbocycles. The predicted octanol–water partition coefficient (Wildman–Crippen LogP) is 3.81. The topological polar surface area (TPSA) is 26.0 Å². The Morgan fingerprint density at radius 3 is 2.92 bits per heavy atom. The fourth-order valence-electron chi connectivity index (χ4n) is 1.49. The van der Waals surface area contributed by atoms with E-state index in [9.17, 15) is 0 Å². The van der Waals surface area contributed by atoms with Crippen LogP contribution in [0.5, 0.6) is 0 Å². The summed E-state index contributed by atoms with van der Waals surface area (Å²) in [5.74, 6) is 0. The molecule has 0 bridgehead atoms. The van der Waals surface area contributed by atoms with Gasteiger partial charge in [0.25, 0.3) is 0 Å². The molecule has 68 valence electrons. The first kappa shape index (κ1) is 9.03. The summed E-state index contributed by atoms with van der Waals surface area (Å²) in [6.07, 6.45) is 1.04. The van der Waals surface area contributed by atoms with Gasteiger partial charge >= 0.3 is 0 Å². The number of thiophene rings is 1. The van der Waals surface area contributed by atoms with Gasteiger partial charge in [-0.05, 0) is 29.5 Å². The second-order valence-corrected chi connectivity index (χ2v) is 4.88. The molecule has 2 N–H and O–H groups in total. The average Bonchev–Trinajstić information content (AvgIpc) is 2.45. The van der Waals surface area contributed by atoms with Crippen molar-refractivity contribution in [1.29, 1.82) is 0 Å². The predicted molar refractivity (Wildman–Crippen MR) is 63.3 cm³/mol. The summed E-state index contributed by atoms with van der Waals surface area (Å²) in [6, 6.07) is 6.23. The van der Waals surface area contributed by atoms with Crippen molar-refractivity contribution in [1.82, 2.24) is 0 Å². The minimum Gasteiger partial charge on any atom is -0.391 e. The molecule has 1 heterocycles. The fourth-order valence-corrected chi connectivity index (χ4v) is 3.27. The third kappa shape index (κ3) is 1.46. The summed E-state index contributed by atoms with van der Waals surface area (Å²) in [5.41, 5.74) is 7.13. The number of hydrogen-bond acceptors (Lipinski definition) is 2. The van der Waals surface area contributed by atoms with Gasteiger partial charge in [0.15, 0.2) is 0 Å². The molecule has 13 heavy (non-hydrogen) atoms. The molecule has 0 saturated carbocycles. The molecular formula is C10H10BrNS. The maximum absolute atomic E-state index is 5.77. The minimum absolute atomic E-state index is 0.891. The van der Waals surface area contributed by atoms with Gasteiger partial charge in [0.05, 0.1) is 5.00 Å². The molecule has 3 heteroatoms. The lowest BCUT2D eigenvalue weighted by Gasteiger charge is -2.01. The number of hydrogen-bond donors (Lipinski definition) is 1. The largest absolute Gasteiger partial charge is 0.391 e. The molecule has 1 aromatic heterocycles. The lowest BCUT2D eigenvalue weighted by molar-refractivity contribution is 1.15. The first-order chi connectivity index (χ1) is 6.22. The molecule has 1 nitrogen and oxygen atoms in total. The number of aryl methyl sites for hydroxylation is 1. The maximum Gasteiger partial charge on any atom is 0.0868 e. The summed E-state index contributed by atoms with van der Waals surface area (Å²) < 4.78 is 2.50. The van der Waals surface area contributed by atoms with Gasteiger partial charge in [-0.15, -0.1) is 11.3 Å². The zero-order valence-corrected chi connectivity index (χ0v) is 9.71. The Labute approximate surface area is 89.7 Å². The van der Waals surface area contributed by atoms with Gasteiger partial charge in [0.1, 0.15) is 0 Å². The van der Waals surface area contributed by atoms with Crippen LogP contribution in [0, 0.1) is 0 Å². The second kappa shape index (κ2) is 3.31. The SMILES string of the molecule is CCc1c(Br)ccc2cc(N)sc12. The van der Waals surface area contributed by atoms with Crippen molar-refractivity contribution < 1.29 is 0 Å². The van der Waals surface area contributed by atoms with Gasteiger partial charge in [0.2, 0.25) is 0 Å². The summed E-state index contributed by atoms with van der Waals surface area (Å²) in [6.45, 7) is 2.16. The van der Waals surface area contributed by atoms with Crippen molar-refractivity contribution in [2.45, 2.75) is 13.3 Å². The van der Waals surface area contributed by atoms with Crippen LogP contribution >= 0.6 is 27.3 Å². The lowest BCUT2D eigenvalue weighted by Crippen LogP contribution is -1.81. The van der Waals surface area contributed by atoms with Crippen molar-refractivity contribution in [3.8, 4) is 0 Å². The number of benzene rings is 1. The highest BCUT2D eigenvalue weighted by atomic mass is 79.9. The molecule has 1 aromatic carbocycles. The third-order valence-electron chi connectivity index (χ3n) is 2.11. The average molecular weight is 256 g/mol. The van der Waals surface area contributed by atoms with E-state index in [4.69, 9.17) is 5.73 Å². The molecule has 0 saturated heterocycles. The third-order valence-corrected chi connectivity index (χ3v) is 3.89. The van der Waals surface area contributed by atoms with E-state index in [2.05, 4.69) is 35.0 Å². The summed E-state index contributed by atoms with van der Waals surface area (Å²) in [4.78, 5) is 0. The van der Waals surface area contributed by atoms with Crippen LogP contribution in [0.4, 0.5) is 5.00 Å². The standard InChI is InChI=1S/C10H10BrNS/c1-2-7-8(11)4-3-6-5-9(12)13-10(6)7/h3-5H,2,12H2,1H3. The highest BCUT2D eigenvalue weighted by molar-refractivity contribution is 9.10. The van der Waals surface area contributed by atoms with Crippen LogP contribution in [0.15, 0.2) is 22.7 Å². The van der Waals surface area contributed by atoms with Gasteiger partial charge in [-0.1, -0.05) is 28.9 Å². The summed E-state index contributed by atoms with van der Waals surface area (Å²) in [7, 11) is 0. The smallest absolute Gasteiger partial charge is 0.0868 e. The Hall–Kier alpha value is -0.540. The quantitative estimate of drug-likeness (QED) is 0.824. The number of fused-ring (bicyclic) bond motifs is 1. The Morgan fingerprint density at radius 2 is 2.23 bits per heavy atom. The van der Waals surface area contributed by atoms with Crippen LogP contribution in [-0.4, -0.2) is 0 Å². The van der Waals surface area contributed by atoms with E-state index in [0.29, 0.717) is 0 Å². The summed E-state index contributed by atoms with van der Waals surface area (Å²) in [5, 5.41) is 2.14. The van der Waals surface area contributed by atoms with Crippen LogP contribution in [-0.2, 0) is 6.42 Å². The van der Waals surface area contributed by atoms with E-state index in [1.54, 1.807) is 11.3 Å². The molecular weight excluding hydrogens is 246 g/mol. The van der Waals surface area contributed by atoms with Crippen LogP contribution < -0.4 is 5.73 Å². The number of anilines is 1. The second-order valence-electron chi connectivity index (χ2n) is 2.95. The normalized spacial score (nSPS) is 10.9. The molecule has 0 amide bonds. The van der Waals surface area contributed by atoms with Crippen LogP contribution in [0.1, 0.15) is 12.5 Å². The molecule has 0 atom stereocenters. The van der Waals surface area contributed by atoms with Gasteiger partial charge in [0, 0.05) is 9.17 Å². The first-order valence-electron chi connectivity index (χ1n) is 4.18. The van der Waals surface area contributed by atoms with Crippen LogP contribution in [0.2, 0.25) is 0 Å². The van der Waals surface area contributed by atoms with Crippen molar-refractivity contribution in [2.24, 2.45) is 0 Å². The molecule has 0 aliphatic heterocycles. The number of nitrogens with two attached hydrogens (primary N) is 1. The molecule has 0 radical (unpaired) electrons. The zero-order chi connectivity index (χ0) is 9.42. The Balaban J connectivity index is 2.82. The van der Waals surface area contributed by atoms with Crippen molar-refractivity contribution >= 4 is 42.4 Å². The molecule has 0 aliphatic rings. The first-order valence-corrected chi connectivity index (χ1v) is 5.79. The van der Waals surface area contributed by atoms with E-state index in [0.717, 1.165) is 11.4 Å². The summed E-state index contributed by atoms with van der Waals surface area (Å²) >= 11 is 5.22. The number of halogens is 1. The Kier molecular flexibility index (Phi) is 2.30. The van der Waals surface area contributed by atoms with Crippen LogP contribution in [0.25, 0.3) is 10.1 Å². The molecule has 0 spiro atoms. The van der Waals surface area contributed by atoms with Gasteiger partial charge in [-0.25, -0.2) is 0 Å². The fraction of sp³-hybridized carbons (Fsp3) is 0.200. The van der Waals surface area contributed by atoms with E-state index in [-0.39, 0.29) is 0 Å². The minimum atomic E-state index is 0.891. The van der Waals surface area contributed by atoms with Gasteiger partial charge in [-0.3, -0.25) is 0 Å². The highest BCUT2D eigenvalue weighted by Gasteiger charge is 2.06. The monoisotopic (exact) mass is 255 g/mol. The van der Waals surface area contributed by atoms with Gasteiger partial charge < -0.3 is 5.73 Å². The lowest BCUT2D eigenvalue weighted by atomic mass is 10.1. The zero-order valence-electron chi connectivity index (χ0n) is 7.30. The molecule has 2 aromatic rings. The van der Waals surface area contributed by atoms with Crippen molar-refractivity contribution in [3.63, 3.8) is 0 Å². The molecule has 0 fully saturated rings. The van der Waals surface area contributed by atoms with Crippen molar-refractivity contribution in [3.05, 3.63) is 28.2 Å². The number of nitrogen functional groups attached to an aromatic ring is 1. The maximum atomic E-state index is 5.77. The van der Waals surface area contributed by atoms with E-state index in [1.165, 1.54) is 20.1 Å². The highest BCUT2D eigenvalue weighted by Crippen LogP contribution is 2.34. The van der Waals surface area contributed by atoms with Crippen molar-refractivity contribution in [2.75, 3.05) is 5.73 Å². The van der Waals surface area contributed by atoms with Crippen LogP contribution in [0.3, 0.4) is 0 Å². The van der Waals surface area contributed by atoms with Gasteiger partial charge in [-0.2, -0.15) is 0 Å². The number of rotatable bonds is 1. The molecule has 0 unspecified atom stereocenters. The van der Waals surface area contributed by atoms with E-state index < -0.39 is 0 Å². The Bertz CT molecular complexity index is 447. The Morgan fingerprint density at radius 1 is 1.46 bits per heavy atom. The molecule has 2 rings (SSSR count). The van der Waals surface area contributed by atoms with E-state index >= 15 is 0 Å². The van der Waals surface area contributed by atoms with E-state index in [1.807, 2.05) is 6.07 Å².